The third-order valence-corrected chi connectivity index (χ3v) is 6.24. The van der Waals surface area contributed by atoms with Crippen LogP contribution in [0.2, 0.25) is 0 Å². The molecule has 0 unspecified atom stereocenters. The first-order chi connectivity index (χ1) is 12.1. The van der Waals surface area contributed by atoms with Crippen molar-refractivity contribution >= 4 is 21.9 Å². The Morgan fingerprint density at radius 1 is 1.23 bits per heavy atom. The molecule has 1 aliphatic rings. The average molecular weight is 390 g/mol. The number of piperidine rings is 1. The maximum Gasteiger partial charge on any atom is 0.335 e. The van der Waals surface area contributed by atoms with Gasteiger partial charge in [0.15, 0.2) is 0 Å². The van der Waals surface area contributed by atoms with Gasteiger partial charge in [-0.2, -0.15) is 4.31 Å². The summed E-state index contributed by atoms with van der Waals surface area (Å²) in [5.41, 5.74) is -0.0182. The van der Waals surface area contributed by atoms with Crippen molar-refractivity contribution in [3.8, 4) is 0 Å². The first-order valence-corrected chi connectivity index (χ1v) is 9.43. The van der Waals surface area contributed by atoms with Crippen molar-refractivity contribution < 1.29 is 31.9 Å². The van der Waals surface area contributed by atoms with E-state index in [1.807, 2.05) is 0 Å². The van der Waals surface area contributed by atoms with Gasteiger partial charge in [-0.1, -0.05) is 0 Å². The molecule has 1 aromatic rings. The molecule has 0 spiro atoms. The van der Waals surface area contributed by atoms with Crippen molar-refractivity contribution in [2.75, 3.05) is 26.7 Å². The summed E-state index contributed by atoms with van der Waals surface area (Å²) < 4.78 is 51.2. The van der Waals surface area contributed by atoms with E-state index < -0.39 is 40.8 Å². The smallest absolute Gasteiger partial charge is 0.335 e. The highest BCUT2D eigenvalue weighted by Gasteiger charge is 2.33. The van der Waals surface area contributed by atoms with E-state index in [0.29, 0.717) is 0 Å². The van der Waals surface area contributed by atoms with Crippen molar-refractivity contribution in [2.24, 2.45) is 5.92 Å². The lowest BCUT2D eigenvalue weighted by atomic mass is 9.97. The molecule has 0 radical (unpaired) electrons. The number of benzene rings is 1. The van der Waals surface area contributed by atoms with Crippen LogP contribution in [0.5, 0.6) is 0 Å². The van der Waals surface area contributed by atoms with Gasteiger partial charge in [0.2, 0.25) is 15.9 Å². The van der Waals surface area contributed by atoms with E-state index >= 15 is 0 Å². The fraction of sp³-hybridized carbons (Fsp3) is 0.500. The quantitative estimate of drug-likeness (QED) is 0.795. The van der Waals surface area contributed by atoms with Gasteiger partial charge in [-0.15, -0.1) is 0 Å². The van der Waals surface area contributed by atoms with Crippen LogP contribution in [-0.4, -0.2) is 67.7 Å². The Morgan fingerprint density at radius 2 is 1.77 bits per heavy atom. The largest absolute Gasteiger partial charge is 0.478 e. The van der Waals surface area contributed by atoms with E-state index in [-0.39, 0.29) is 36.4 Å². The Labute approximate surface area is 150 Å². The number of carbonyl (C=O) groups excluding carboxylic acids is 1. The number of nitrogens with zero attached hydrogens (tertiary/aromatic N) is 2. The summed E-state index contributed by atoms with van der Waals surface area (Å²) in [5.74, 6) is -2.05. The van der Waals surface area contributed by atoms with Crippen LogP contribution < -0.4 is 0 Å². The minimum absolute atomic E-state index is 0.0182. The maximum atomic E-state index is 12.6. The second-order valence-electron chi connectivity index (χ2n) is 6.12. The Kier molecular flexibility index (Phi) is 6.30. The molecule has 2 rings (SSSR count). The summed E-state index contributed by atoms with van der Waals surface area (Å²) in [5, 5.41) is 8.87. The maximum absolute atomic E-state index is 12.6. The van der Waals surface area contributed by atoms with E-state index in [1.165, 1.54) is 35.6 Å². The monoisotopic (exact) mass is 390 g/mol. The average Bonchev–Trinajstić information content (AvgIpc) is 2.60. The summed E-state index contributed by atoms with van der Waals surface area (Å²) in [6.45, 7) is -0.447. The third-order valence-electron chi connectivity index (χ3n) is 4.33. The van der Waals surface area contributed by atoms with E-state index in [9.17, 15) is 26.8 Å². The molecule has 0 atom stereocenters. The number of carbonyl (C=O) groups is 2. The van der Waals surface area contributed by atoms with Crippen molar-refractivity contribution in [1.82, 2.24) is 9.21 Å². The predicted molar refractivity (Wildman–Crippen MR) is 88.5 cm³/mol. The van der Waals surface area contributed by atoms with Crippen LogP contribution in [0.3, 0.4) is 0 Å². The molecule has 26 heavy (non-hydrogen) atoms. The first-order valence-electron chi connectivity index (χ1n) is 7.99. The van der Waals surface area contributed by atoms with Gasteiger partial charge in [-0.3, -0.25) is 4.79 Å². The number of amides is 1. The molecule has 0 saturated carbocycles. The molecule has 1 aromatic carbocycles. The first kappa shape index (κ1) is 20.2. The zero-order chi connectivity index (χ0) is 19.5. The number of carboxylic acid groups (broad SMARTS) is 1. The van der Waals surface area contributed by atoms with Crippen LogP contribution in [0.1, 0.15) is 23.2 Å². The van der Waals surface area contributed by atoms with Crippen molar-refractivity contribution in [3.05, 3.63) is 29.8 Å². The molecule has 7 nitrogen and oxygen atoms in total. The molecule has 0 bridgehead atoms. The van der Waals surface area contributed by atoms with Crippen LogP contribution in [-0.2, 0) is 14.8 Å². The Morgan fingerprint density at radius 3 is 2.23 bits per heavy atom. The summed E-state index contributed by atoms with van der Waals surface area (Å²) >= 11 is 0. The van der Waals surface area contributed by atoms with Crippen LogP contribution in [0.4, 0.5) is 8.78 Å². The number of sulfonamides is 1. The molecule has 144 valence electrons. The Hall–Kier alpha value is -2.07. The highest BCUT2D eigenvalue weighted by atomic mass is 32.2. The number of hydrogen-bond donors (Lipinski definition) is 1. The number of carboxylic acids is 1. The summed E-state index contributed by atoms with van der Waals surface area (Å²) in [4.78, 5) is 23.9. The SMILES string of the molecule is CN(CC(F)F)C(=O)C1CCN(S(=O)(=O)c2ccc(C(=O)O)cc2)CC1. The Bertz CT molecular complexity index is 759. The number of halogens is 2. The van der Waals surface area contributed by atoms with Gasteiger partial charge in [0.1, 0.15) is 0 Å². The topological polar surface area (TPSA) is 95.0 Å². The second-order valence-corrected chi connectivity index (χ2v) is 8.06. The molecular formula is C16H20F2N2O5S. The molecule has 0 aliphatic carbocycles. The number of aromatic carboxylic acids is 1. The summed E-state index contributed by atoms with van der Waals surface area (Å²) in [7, 11) is -2.49. The van der Waals surface area contributed by atoms with Gasteiger partial charge in [-0.25, -0.2) is 22.0 Å². The molecule has 10 heteroatoms. The molecule has 1 aliphatic heterocycles. The Balaban J connectivity index is 2.02. The highest BCUT2D eigenvalue weighted by Crippen LogP contribution is 2.25. The third kappa shape index (κ3) is 4.55. The normalized spacial score (nSPS) is 16.6. The van der Waals surface area contributed by atoms with Gasteiger partial charge in [0.05, 0.1) is 17.0 Å². The second kappa shape index (κ2) is 8.09. The van der Waals surface area contributed by atoms with Gasteiger partial charge >= 0.3 is 5.97 Å². The lowest BCUT2D eigenvalue weighted by Gasteiger charge is -2.32. The zero-order valence-corrected chi connectivity index (χ0v) is 15.0. The lowest BCUT2D eigenvalue weighted by molar-refractivity contribution is -0.137. The minimum Gasteiger partial charge on any atom is -0.478 e. The van der Waals surface area contributed by atoms with E-state index in [2.05, 4.69) is 0 Å². The van der Waals surface area contributed by atoms with Gasteiger partial charge in [0.25, 0.3) is 6.43 Å². The standard InChI is InChI=1S/C16H20F2N2O5S/c1-19(10-14(17)18)15(21)11-6-8-20(9-7-11)26(24,25)13-4-2-12(3-5-13)16(22)23/h2-5,11,14H,6-10H2,1H3,(H,22,23). The minimum atomic E-state index is -3.80. The van der Waals surface area contributed by atoms with Crippen LogP contribution in [0.15, 0.2) is 29.2 Å². The molecular weight excluding hydrogens is 370 g/mol. The van der Waals surface area contributed by atoms with Crippen molar-refractivity contribution in [1.29, 1.82) is 0 Å². The zero-order valence-electron chi connectivity index (χ0n) is 14.1. The number of rotatable bonds is 6. The van der Waals surface area contributed by atoms with Crippen LogP contribution in [0.25, 0.3) is 0 Å². The lowest BCUT2D eigenvalue weighted by Crippen LogP contribution is -2.44. The molecule has 1 amide bonds. The molecule has 1 N–H and O–H groups in total. The van der Waals surface area contributed by atoms with Crippen molar-refractivity contribution in [2.45, 2.75) is 24.2 Å². The van der Waals surface area contributed by atoms with Crippen LogP contribution in [0, 0.1) is 5.92 Å². The van der Waals surface area contributed by atoms with Gasteiger partial charge in [-0.05, 0) is 37.1 Å². The highest BCUT2D eigenvalue weighted by molar-refractivity contribution is 7.89. The fourth-order valence-corrected chi connectivity index (χ4v) is 4.34. The fourth-order valence-electron chi connectivity index (χ4n) is 2.87. The van der Waals surface area contributed by atoms with E-state index in [1.54, 1.807) is 0 Å². The van der Waals surface area contributed by atoms with Crippen LogP contribution >= 0.6 is 0 Å². The summed E-state index contributed by atoms with van der Waals surface area (Å²) in [6.07, 6.45) is -2.12. The van der Waals surface area contributed by atoms with Gasteiger partial charge in [0, 0.05) is 26.1 Å². The summed E-state index contributed by atoms with van der Waals surface area (Å²) in [6, 6.07) is 4.88. The molecule has 0 aromatic heterocycles. The molecule has 1 heterocycles. The molecule has 1 fully saturated rings. The van der Waals surface area contributed by atoms with Gasteiger partial charge < -0.3 is 10.0 Å². The van der Waals surface area contributed by atoms with Crippen molar-refractivity contribution in [3.63, 3.8) is 0 Å². The van der Waals surface area contributed by atoms with E-state index in [0.717, 1.165) is 4.90 Å². The van der Waals surface area contributed by atoms with E-state index in [4.69, 9.17) is 5.11 Å². The predicted octanol–water partition coefficient (Wildman–Crippen LogP) is 1.51. The molecule has 1 saturated heterocycles. The number of hydrogen-bond acceptors (Lipinski definition) is 4. The number of alkyl halides is 2.